The summed E-state index contributed by atoms with van der Waals surface area (Å²) in [5.41, 5.74) is 1.91. The lowest BCUT2D eigenvalue weighted by Gasteiger charge is -2.11. The molecule has 0 saturated heterocycles. The molecule has 1 heterocycles. The maximum atomic E-state index is 12.1. The fourth-order valence-electron chi connectivity index (χ4n) is 2.39. The van der Waals surface area contributed by atoms with Crippen LogP contribution in [0.4, 0.5) is 5.69 Å². The van der Waals surface area contributed by atoms with Crippen LogP contribution in [0.5, 0.6) is 0 Å². The van der Waals surface area contributed by atoms with Gasteiger partial charge in [0.05, 0.1) is 11.9 Å². The van der Waals surface area contributed by atoms with E-state index in [4.69, 9.17) is 11.6 Å². The Labute approximate surface area is 124 Å². The highest BCUT2D eigenvalue weighted by Gasteiger charge is 2.10. The molecule has 0 saturated carbocycles. The monoisotopic (exact) mass is 295 g/mol. The molecule has 0 aromatic carbocycles. The van der Waals surface area contributed by atoms with Gasteiger partial charge < -0.3 is 5.32 Å². The van der Waals surface area contributed by atoms with E-state index < -0.39 is 0 Å². The van der Waals surface area contributed by atoms with E-state index in [0.717, 1.165) is 13.0 Å². The molecule has 0 bridgehead atoms. The molecule has 110 valence electrons. The van der Waals surface area contributed by atoms with Crippen LogP contribution in [0.1, 0.15) is 39.5 Å². The average Bonchev–Trinajstić information content (AvgIpc) is 2.90. The summed E-state index contributed by atoms with van der Waals surface area (Å²) in [5.74, 6) is 0.365. The number of anilines is 1. The molecular weight excluding hydrogens is 274 g/mol. The van der Waals surface area contributed by atoms with Crippen molar-refractivity contribution in [1.82, 2.24) is 9.78 Å². The molecule has 1 aliphatic rings. The zero-order chi connectivity index (χ0) is 14.5. The molecule has 1 aromatic heterocycles. The van der Waals surface area contributed by atoms with E-state index in [-0.39, 0.29) is 10.6 Å². The summed E-state index contributed by atoms with van der Waals surface area (Å²) in [7, 11) is 0. The van der Waals surface area contributed by atoms with Gasteiger partial charge in [-0.25, -0.2) is 4.68 Å². The zero-order valence-corrected chi connectivity index (χ0v) is 12.9. The first kappa shape index (κ1) is 15.1. The van der Waals surface area contributed by atoms with Crippen LogP contribution in [0, 0.1) is 5.92 Å². The number of halogens is 1. The Morgan fingerprint density at radius 1 is 1.50 bits per heavy atom. The molecule has 0 aliphatic heterocycles. The predicted molar refractivity (Wildman–Crippen MR) is 83.4 cm³/mol. The highest BCUT2D eigenvalue weighted by Crippen LogP contribution is 2.21. The Hall–Kier alpha value is -1.29. The molecular formula is C15H22ClN3O. The largest absolute Gasteiger partial charge is 0.382 e. The van der Waals surface area contributed by atoms with E-state index >= 15 is 0 Å². The van der Waals surface area contributed by atoms with Crippen molar-refractivity contribution in [2.75, 3.05) is 11.9 Å². The third-order valence-electron chi connectivity index (χ3n) is 3.42. The van der Waals surface area contributed by atoms with E-state index in [0.29, 0.717) is 18.2 Å². The van der Waals surface area contributed by atoms with Crippen LogP contribution >= 0.6 is 11.6 Å². The number of nitrogens with one attached hydrogen (secondary N) is 1. The van der Waals surface area contributed by atoms with Crippen LogP contribution in [0.15, 0.2) is 22.6 Å². The van der Waals surface area contributed by atoms with E-state index in [9.17, 15) is 4.79 Å². The minimum absolute atomic E-state index is 0.217. The van der Waals surface area contributed by atoms with Gasteiger partial charge in [0.2, 0.25) is 0 Å². The van der Waals surface area contributed by atoms with Gasteiger partial charge in [-0.1, -0.05) is 37.1 Å². The summed E-state index contributed by atoms with van der Waals surface area (Å²) < 4.78 is 1.43. The summed E-state index contributed by atoms with van der Waals surface area (Å²) in [4.78, 5) is 12.1. The van der Waals surface area contributed by atoms with Gasteiger partial charge in [-0.05, 0) is 31.6 Å². The first-order valence-corrected chi connectivity index (χ1v) is 7.63. The summed E-state index contributed by atoms with van der Waals surface area (Å²) >= 11 is 6.13. The lowest BCUT2D eigenvalue weighted by Crippen LogP contribution is -2.26. The Bertz CT molecular complexity index is 549. The number of rotatable bonds is 6. The lowest BCUT2D eigenvalue weighted by atomic mass is 10.2. The van der Waals surface area contributed by atoms with Crippen LogP contribution in [0.25, 0.3) is 0 Å². The molecule has 20 heavy (non-hydrogen) atoms. The smallest absolute Gasteiger partial charge is 0.287 e. The number of hydrogen-bond donors (Lipinski definition) is 1. The topological polar surface area (TPSA) is 46.9 Å². The molecule has 5 heteroatoms. The van der Waals surface area contributed by atoms with Crippen molar-refractivity contribution >= 4 is 17.3 Å². The van der Waals surface area contributed by atoms with E-state index in [1.54, 1.807) is 6.20 Å². The van der Waals surface area contributed by atoms with Crippen molar-refractivity contribution in [2.45, 2.75) is 46.1 Å². The fourth-order valence-corrected chi connectivity index (χ4v) is 2.60. The first-order chi connectivity index (χ1) is 9.58. The molecule has 0 amide bonds. The molecule has 0 unspecified atom stereocenters. The van der Waals surface area contributed by atoms with Crippen molar-refractivity contribution in [3.05, 3.63) is 33.2 Å². The number of aromatic nitrogens is 2. The van der Waals surface area contributed by atoms with Crippen molar-refractivity contribution < 1.29 is 0 Å². The number of allylic oxidation sites excluding steroid dienone is 1. The van der Waals surface area contributed by atoms with Crippen LogP contribution in [-0.4, -0.2) is 16.3 Å². The minimum Gasteiger partial charge on any atom is -0.382 e. The van der Waals surface area contributed by atoms with Gasteiger partial charge >= 0.3 is 0 Å². The summed E-state index contributed by atoms with van der Waals surface area (Å²) in [6.07, 6.45) is 8.62. The summed E-state index contributed by atoms with van der Waals surface area (Å²) in [6.45, 7) is 5.47. The molecule has 0 radical (unpaired) electrons. The average molecular weight is 296 g/mol. The van der Waals surface area contributed by atoms with Gasteiger partial charge in [0.1, 0.15) is 5.02 Å². The van der Waals surface area contributed by atoms with E-state index in [1.807, 2.05) is 13.8 Å². The fraction of sp³-hybridized carbons (Fsp3) is 0.600. The molecule has 2 rings (SSSR count). The van der Waals surface area contributed by atoms with Gasteiger partial charge in [0.25, 0.3) is 5.56 Å². The third kappa shape index (κ3) is 3.85. The molecule has 1 N–H and O–H groups in total. The van der Waals surface area contributed by atoms with E-state index in [1.165, 1.54) is 29.5 Å². The van der Waals surface area contributed by atoms with Crippen molar-refractivity contribution in [3.63, 3.8) is 0 Å². The second-order valence-corrected chi connectivity index (χ2v) is 6.06. The minimum atomic E-state index is -0.217. The summed E-state index contributed by atoms with van der Waals surface area (Å²) in [5, 5.41) is 7.62. The van der Waals surface area contributed by atoms with Gasteiger partial charge in [0.15, 0.2) is 0 Å². The normalized spacial score (nSPS) is 14.7. The molecule has 0 fully saturated rings. The number of hydrogen-bond acceptors (Lipinski definition) is 3. The van der Waals surface area contributed by atoms with Crippen molar-refractivity contribution in [2.24, 2.45) is 5.92 Å². The van der Waals surface area contributed by atoms with E-state index in [2.05, 4.69) is 16.5 Å². The zero-order valence-electron chi connectivity index (χ0n) is 12.2. The molecule has 1 aliphatic carbocycles. The maximum absolute atomic E-state index is 12.1. The van der Waals surface area contributed by atoms with Crippen LogP contribution < -0.4 is 10.9 Å². The van der Waals surface area contributed by atoms with Gasteiger partial charge in [0, 0.05) is 13.1 Å². The quantitative estimate of drug-likeness (QED) is 0.818. The van der Waals surface area contributed by atoms with Crippen LogP contribution in [0.3, 0.4) is 0 Å². The van der Waals surface area contributed by atoms with Crippen molar-refractivity contribution in [3.8, 4) is 0 Å². The second-order valence-electron chi connectivity index (χ2n) is 5.68. The van der Waals surface area contributed by atoms with Crippen LogP contribution in [-0.2, 0) is 6.54 Å². The Kier molecular flexibility index (Phi) is 5.24. The molecule has 0 atom stereocenters. The molecule has 4 nitrogen and oxygen atoms in total. The number of nitrogens with zero attached hydrogens (tertiary/aromatic N) is 2. The van der Waals surface area contributed by atoms with Gasteiger partial charge in [-0.2, -0.15) is 5.10 Å². The van der Waals surface area contributed by atoms with Gasteiger partial charge in [-0.3, -0.25) is 4.79 Å². The third-order valence-corrected chi connectivity index (χ3v) is 3.78. The van der Waals surface area contributed by atoms with Gasteiger partial charge in [-0.15, -0.1) is 0 Å². The Balaban J connectivity index is 1.98. The molecule has 0 spiro atoms. The van der Waals surface area contributed by atoms with Crippen LogP contribution in [0.2, 0.25) is 5.02 Å². The Morgan fingerprint density at radius 2 is 2.30 bits per heavy atom. The highest BCUT2D eigenvalue weighted by atomic mass is 35.5. The predicted octanol–water partition coefficient (Wildman–Crippen LogP) is 3.47. The summed E-state index contributed by atoms with van der Waals surface area (Å²) in [6, 6.07) is 0. The maximum Gasteiger partial charge on any atom is 0.287 e. The standard InChI is InChI=1S/C15H22ClN3O/c1-11(2)10-19-15(20)14(16)13(9-18-19)17-8-7-12-5-3-4-6-12/h5,9,11,17H,3-4,6-8,10H2,1-2H3. The highest BCUT2D eigenvalue weighted by molar-refractivity contribution is 6.32. The lowest BCUT2D eigenvalue weighted by molar-refractivity contribution is 0.464. The second kappa shape index (κ2) is 6.93. The Morgan fingerprint density at radius 3 is 2.95 bits per heavy atom. The van der Waals surface area contributed by atoms with Crippen molar-refractivity contribution in [1.29, 1.82) is 0 Å². The molecule has 1 aromatic rings. The first-order valence-electron chi connectivity index (χ1n) is 7.25. The SMILES string of the molecule is CC(C)Cn1ncc(NCCC2=CCCC2)c(Cl)c1=O.